The summed E-state index contributed by atoms with van der Waals surface area (Å²) < 4.78 is 1.08. The van der Waals surface area contributed by atoms with Crippen LogP contribution >= 0.6 is 34.9 Å². The van der Waals surface area contributed by atoms with Gasteiger partial charge >= 0.3 is 11.9 Å². The minimum absolute atomic E-state index is 0.0710. The Bertz CT molecular complexity index is 1340. The molecule has 3 atom stereocenters. The number of aliphatic hydroxyl groups excluding tert-OH is 1. The summed E-state index contributed by atoms with van der Waals surface area (Å²) in [4.78, 5) is 58.6. The van der Waals surface area contributed by atoms with Gasteiger partial charge in [0.2, 0.25) is 5.16 Å². The van der Waals surface area contributed by atoms with E-state index in [-0.39, 0.29) is 38.9 Å². The number of rotatable bonds is 11. The summed E-state index contributed by atoms with van der Waals surface area (Å²) in [5.74, 6) is -3.86. The Morgan fingerprint density at radius 2 is 2.16 bits per heavy atom. The zero-order chi connectivity index (χ0) is 27.6. The summed E-state index contributed by atoms with van der Waals surface area (Å²) in [5, 5.41) is 46.6. The number of hydrogen-bond acceptors (Lipinski definition) is 15. The molecule has 2 aliphatic heterocycles. The van der Waals surface area contributed by atoms with E-state index in [0.717, 1.165) is 32.7 Å². The number of oxime groups is 1. The number of thioether (sulfide) groups is 2. The molecule has 0 bridgehead atoms. The average molecular weight is 586 g/mol. The van der Waals surface area contributed by atoms with Crippen LogP contribution in [0, 0.1) is 0 Å². The number of nitrogens with one attached hydrogen (secondary N) is 1. The number of aliphatic hydroxyl groups is 1. The average Bonchev–Trinajstić information content (AvgIpc) is 3.51. The molecule has 1 saturated heterocycles. The lowest BCUT2D eigenvalue weighted by molar-refractivity contribution is -0.150. The number of carbonyl (C=O) groups excluding carboxylic acids is 2. The van der Waals surface area contributed by atoms with Gasteiger partial charge in [-0.2, -0.15) is 0 Å². The standard InChI is InChI=1S/C18H19N9O8S3/c1-35-23-9(7-5-37-17(19)20-7)12(29)21-10-13(30)27-11(16(33)34)6(3-36-14(10)27)4-38-18-22-24-25-26(18)2-8(28)15(31)32/h5,8,10,14,28H,2-4H2,1H3,(H2,19,20)(H,21,29)(H,31,32)(H,33,34)/b23-9+/t8?,10?,14-/m1/s1. The molecule has 2 aliphatic rings. The highest BCUT2D eigenvalue weighted by atomic mass is 32.2. The van der Waals surface area contributed by atoms with Gasteiger partial charge in [-0.1, -0.05) is 16.9 Å². The largest absolute Gasteiger partial charge is 0.479 e. The molecule has 4 rings (SSSR count). The topological polar surface area (TPSA) is 248 Å². The van der Waals surface area contributed by atoms with Crippen molar-refractivity contribution in [2.24, 2.45) is 5.16 Å². The van der Waals surface area contributed by atoms with Crippen molar-refractivity contribution in [1.29, 1.82) is 0 Å². The molecule has 4 heterocycles. The van der Waals surface area contributed by atoms with E-state index >= 15 is 0 Å². The Hall–Kier alpha value is -3.75. The molecule has 17 nitrogen and oxygen atoms in total. The Labute approximate surface area is 225 Å². The van der Waals surface area contributed by atoms with Crippen LogP contribution in [-0.2, 0) is 30.6 Å². The lowest BCUT2D eigenvalue weighted by Gasteiger charge is -2.49. The van der Waals surface area contributed by atoms with Crippen molar-refractivity contribution in [3.63, 3.8) is 0 Å². The molecule has 0 aliphatic carbocycles. The number of aromatic nitrogens is 5. The van der Waals surface area contributed by atoms with Crippen LogP contribution in [0.25, 0.3) is 0 Å². The number of amides is 2. The number of carbonyl (C=O) groups is 4. The summed E-state index contributed by atoms with van der Waals surface area (Å²) in [5.41, 5.74) is 5.77. The van der Waals surface area contributed by atoms with Crippen LogP contribution in [0.5, 0.6) is 0 Å². The van der Waals surface area contributed by atoms with Crippen molar-refractivity contribution in [2.45, 2.75) is 29.2 Å². The summed E-state index contributed by atoms with van der Waals surface area (Å²) in [6.45, 7) is -0.403. The van der Waals surface area contributed by atoms with Gasteiger partial charge in [0.25, 0.3) is 11.8 Å². The van der Waals surface area contributed by atoms with Gasteiger partial charge in [0, 0.05) is 16.9 Å². The van der Waals surface area contributed by atoms with E-state index in [0.29, 0.717) is 5.57 Å². The van der Waals surface area contributed by atoms with Crippen molar-refractivity contribution in [2.75, 3.05) is 24.3 Å². The number of nitrogens with two attached hydrogens (primary N) is 1. The summed E-state index contributed by atoms with van der Waals surface area (Å²) in [6.07, 6.45) is -1.73. The Morgan fingerprint density at radius 1 is 1.39 bits per heavy atom. The van der Waals surface area contributed by atoms with Crippen molar-refractivity contribution in [3.8, 4) is 0 Å². The van der Waals surface area contributed by atoms with Crippen LogP contribution < -0.4 is 11.1 Å². The van der Waals surface area contributed by atoms with Crippen LogP contribution in [0.2, 0.25) is 0 Å². The molecule has 0 aromatic carbocycles. The number of carboxylic acids is 2. The van der Waals surface area contributed by atoms with E-state index in [1.807, 2.05) is 0 Å². The van der Waals surface area contributed by atoms with Gasteiger partial charge in [-0.15, -0.1) is 28.2 Å². The van der Waals surface area contributed by atoms with Gasteiger partial charge in [0.05, 0.1) is 6.54 Å². The zero-order valence-electron chi connectivity index (χ0n) is 19.2. The fourth-order valence-electron chi connectivity index (χ4n) is 3.50. The summed E-state index contributed by atoms with van der Waals surface area (Å²) in [6, 6.07) is -1.01. The third-order valence-corrected chi connectivity index (χ3v) is 8.26. The number of nitrogens with zero attached hydrogens (tertiary/aromatic N) is 7. The number of anilines is 1. The zero-order valence-corrected chi connectivity index (χ0v) is 21.7. The lowest BCUT2D eigenvalue weighted by Crippen LogP contribution is -2.71. The highest BCUT2D eigenvalue weighted by Crippen LogP contribution is 2.41. The van der Waals surface area contributed by atoms with Crippen molar-refractivity contribution in [3.05, 3.63) is 22.3 Å². The van der Waals surface area contributed by atoms with E-state index in [9.17, 15) is 29.4 Å². The molecule has 2 amide bonds. The summed E-state index contributed by atoms with van der Waals surface area (Å²) >= 11 is 3.36. The molecule has 20 heteroatoms. The molecular weight excluding hydrogens is 566 g/mol. The maximum Gasteiger partial charge on any atom is 0.352 e. The first-order chi connectivity index (χ1) is 18.1. The van der Waals surface area contributed by atoms with Crippen LogP contribution in [0.4, 0.5) is 5.13 Å². The lowest BCUT2D eigenvalue weighted by atomic mass is 10.0. The van der Waals surface area contributed by atoms with E-state index < -0.39 is 47.8 Å². The van der Waals surface area contributed by atoms with Gasteiger partial charge in [0.1, 0.15) is 29.9 Å². The van der Waals surface area contributed by atoms with Gasteiger partial charge in [-0.05, 0) is 16.0 Å². The fraction of sp³-hybridized carbons (Fsp3) is 0.389. The van der Waals surface area contributed by atoms with E-state index in [1.165, 1.54) is 24.3 Å². The molecule has 202 valence electrons. The maximum absolute atomic E-state index is 13.0. The molecule has 2 aromatic rings. The second-order valence-electron chi connectivity index (χ2n) is 7.60. The number of fused-ring (bicyclic) bond motifs is 1. The molecule has 38 heavy (non-hydrogen) atoms. The normalized spacial score (nSPS) is 20.0. The number of aliphatic carboxylic acids is 2. The third-order valence-electron chi connectivity index (χ3n) is 5.20. The van der Waals surface area contributed by atoms with E-state index in [2.05, 4.69) is 31.0 Å². The molecule has 2 aromatic heterocycles. The first-order valence-electron chi connectivity index (χ1n) is 10.5. The quantitative estimate of drug-likeness (QED) is 0.0831. The molecule has 2 unspecified atom stereocenters. The van der Waals surface area contributed by atoms with Crippen molar-refractivity contribution in [1.82, 2.24) is 35.4 Å². The van der Waals surface area contributed by atoms with E-state index in [1.54, 1.807) is 0 Å². The Kier molecular flexibility index (Phi) is 8.14. The monoisotopic (exact) mass is 585 g/mol. The molecule has 0 saturated carbocycles. The molecule has 0 spiro atoms. The number of β-lactam (4-membered cyclic amide) rings is 1. The first kappa shape index (κ1) is 27.3. The van der Waals surface area contributed by atoms with Gasteiger partial charge < -0.3 is 31.2 Å². The smallest absolute Gasteiger partial charge is 0.352 e. The Balaban J connectivity index is 1.47. The highest BCUT2D eigenvalue weighted by Gasteiger charge is 2.54. The van der Waals surface area contributed by atoms with Crippen LogP contribution in [-0.4, -0.2) is 111 Å². The second-order valence-corrected chi connectivity index (χ2v) is 10.5. The van der Waals surface area contributed by atoms with Crippen LogP contribution in [0.1, 0.15) is 5.69 Å². The van der Waals surface area contributed by atoms with Crippen LogP contribution in [0.3, 0.4) is 0 Å². The second kappa shape index (κ2) is 11.3. The molecule has 1 fully saturated rings. The Morgan fingerprint density at radius 3 is 2.79 bits per heavy atom. The number of thiazole rings is 1. The first-order valence-corrected chi connectivity index (χ1v) is 13.4. The van der Waals surface area contributed by atoms with E-state index in [4.69, 9.17) is 15.7 Å². The SMILES string of the molecule is CO/N=C(/C(=O)NC1C(=O)N2C(C(=O)O)=C(CSc3nnnn3CC(O)C(=O)O)CS[C@H]12)c1csc(N)n1. The minimum atomic E-state index is -1.73. The van der Waals surface area contributed by atoms with Gasteiger partial charge in [-0.3, -0.25) is 14.5 Å². The number of carboxylic acid groups (broad SMARTS) is 2. The molecule has 0 radical (unpaired) electrons. The predicted molar refractivity (Wildman–Crippen MR) is 132 cm³/mol. The molecule has 6 N–H and O–H groups in total. The van der Waals surface area contributed by atoms with Gasteiger partial charge in [0.15, 0.2) is 16.9 Å². The number of tetrazole rings is 1. The van der Waals surface area contributed by atoms with Crippen molar-refractivity contribution >= 4 is 69.5 Å². The van der Waals surface area contributed by atoms with Crippen LogP contribution in [0.15, 0.2) is 27.0 Å². The summed E-state index contributed by atoms with van der Waals surface area (Å²) in [7, 11) is 1.24. The third kappa shape index (κ3) is 5.42. The fourth-order valence-corrected chi connectivity index (χ4v) is 6.42. The maximum atomic E-state index is 13.0. The van der Waals surface area contributed by atoms with Crippen molar-refractivity contribution < 1.29 is 39.3 Å². The van der Waals surface area contributed by atoms with Gasteiger partial charge in [-0.25, -0.2) is 19.3 Å². The highest BCUT2D eigenvalue weighted by molar-refractivity contribution is 8.01. The minimum Gasteiger partial charge on any atom is -0.479 e. The number of hydrogen-bond donors (Lipinski definition) is 5. The number of nitrogen functional groups attached to an aromatic ring is 1. The predicted octanol–water partition coefficient (Wildman–Crippen LogP) is -1.96. The molecular formula is C18H19N9O8S3.